The summed E-state index contributed by atoms with van der Waals surface area (Å²) in [4.78, 5) is 4.45. The number of benzene rings is 9. The Morgan fingerprint density at radius 1 is 0.345 bits per heavy atom. The van der Waals surface area contributed by atoms with Gasteiger partial charge in [0, 0.05) is 17.0 Å². The summed E-state index contributed by atoms with van der Waals surface area (Å²) >= 11 is 0. The highest BCUT2D eigenvalue weighted by molar-refractivity contribution is 6.29. The van der Waals surface area contributed by atoms with Crippen molar-refractivity contribution in [2.75, 3.05) is 0 Å². The standard InChI is InChI=1S/C53H32N2/c1-3-13-33(14-4-1)49-42-19-7-8-20-43(42)50(34-15-5-2-6-16-34)53-45-27-26-39(41-21-11-22-44(51(41)45)52(49)53)36-25-24-35-31-48-46(30-37(35)29-36)40-18-9-10-23-47(40)55(48)38-17-12-28-54-32-38/h1-32H. The molecule has 0 spiro atoms. The lowest BCUT2D eigenvalue weighted by Crippen LogP contribution is -1.94. The second-order valence-electron chi connectivity index (χ2n) is 14.7. The van der Waals surface area contributed by atoms with E-state index in [0.717, 1.165) is 5.69 Å². The average molecular weight is 697 g/mol. The molecule has 2 heterocycles. The predicted octanol–water partition coefficient (Wildman–Crippen LogP) is 14.3. The molecule has 254 valence electrons. The zero-order valence-electron chi connectivity index (χ0n) is 29.9. The Morgan fingerprint density at radius 2 is 0.982 bits per heavy atom. The average Bonchev–Trinajstić information content (AvgIpc) is 3.76. The SMILES string of the molecule is c1ccc(-c2c3c(c(-c4ccccc4)c4ccccc24)-c2ccc(-c4ccc5cc6c(cc5c4)c4ccccc4n6-c4cccnc4)c4cccc-3c24)cc1. The molecule has 11 aromatic rings. The molecule has 0 saturated heterocycles. The van der Waals surface area contributed by atoms with Crippen LogP contribution in [0.1, 0.15) is 0 Å². The van der Waals surface area contributed by atoms with Gasteiger partial charge in [0.05, 0.1) is 22.9 Å². The van der Waals surface area contributed by atoms with Gasteiger partial charge in [-0.2, -0.15) is 0 Å². The van der Waals surface area contributed by atoms with Gasteiger partial charge in [-0.05, 0) is 124 Å². The third-order valence-corrected chi connectivity index (χ3v) is 11.8. The highest BCUT2D eigenvalue weighted by Crippen LogP contribution is 2.58. The molecular weight excluding hydrogens is 665 g/mol. The smallest absolute Gasteiger partial charge is 0.0645 e. The molecule has 0 aliphatic heterocycles. The van der Waals surface area contributed by atoms with E-state index in [1.807, 2.05) is 18.5 Å². The van der Waals surface area contributed by atoms with Crippen LogP contribution in [0.5, 0.6) is 0 Å². The van der Waals surface area contributed by atoms with Gasteiger partial charge in [-0.25, -0.2) is 0 Å². The summed E-state index contributed by atoms with van der Waals surface area (Å²) in [5, 5.41) is 10.1. The number of nitrogens with zero attached hydrogens (tertiary/aromatic N) is 2. The maximum atomic E-state index is 4.45. The van der Waals surface area contributed by atoms with Crippen LogP contribution in [0.15, 0.2) is 194 Å². The second-order valence-corrected chi connectivity index (χ2v) is 14.7. The lowest BCUT2D eigenvalue weighted by atomic mass is 9.82. The molecule has 0 atom stereocenters. The van der Waals surface area contributed by atoms with Crippen molar-refractivity contribution in [3.05, 3.63) is 194 Å². The lowest BCUT2D eigenvalue weighted by molar-refractivity contribution is 1.14. The van der Waals surface area contributed by atoms with E-state index in [0.29, 0.717) is 0 Å². The van der Waals surface area contributed by atoms with Gasteiger partial charge >= 0.3 is 0 Å². The molecule has 0 N–H and O–H groups in total. The Hall–Kier alpha value is -7.29. The van der Waals surface area contributed by atoms with Crippen molar-refractivity contribution in [3.8, 4) is 61.3 Å². The van der Waals surface area contributed by atoms with Crippen molar-refractivity contribution in [1.29, 1.82) is 0 Å². The molecule has 0 unspecified atom stereocenters. The van der Waals surface area contributed by atoms with Crippen LogP contribution in [-0.2, 0) is 0 Å². The minimum Gasteiger partial charge on any atom is -0.308 e. The number of pyridine rings is 1. The Labute approximate surface area is 318 Å². The molecule has 2 aromatic heterocycles. The van der Waals surface area contributed by atoms with E-state index in [1.54, 1.807) is 0 Å². The van der Waals surface area contributed by atoms with Crippen LogP contribution in [0.4, 0.5) is 0 Å². The van der Waals surface area contributed by atoms with E-state index < -0.39 is 0 Å². The van der Waals surface area contributed by atoms with Gasteiger partial charge in [-0.1, -0.05) is 146 Å². The van der Waals surface area contributed by atoms with Crippen molar-refractivity contribution >= 4 is 54.1 Å². The second kappa shape index (κ2) is 11.6. The van der Waals surface area contributed by atoms with Crippen molar-refractivity contribution in [2.24, 2.45) is 0 Å². The van der Waals surface area contributed by atoms with Crippen LogP contribution in [0.25, 0.3) is 115 Å². The maximum absolute atomic E-state index is 4.45. The number of aromatic nitrogens is 2. The fourth-order valence-corrected chi connectivity index (χ4v) is 9.51. The summed E-state index contributed by atoms with van der Waals surface area (Å²) < 4.78 is 2.34. The Balaban J connectivity index is 1.12. The highest BCUT2D eigenvalue weighted by Gasteiger charge is 2.31. The normalized spacial score (nSPS) is 12.0. The number of rotatable bonds is 4. The van der Waals surface area contributed by atoms with Gasteiger partial charge in [0.15, 0.2) is 0 Å². The van der Waals surface area contributed by atoms with E-state index in [4.69, 9.17) is 0 Å². The van der Waals surface area contributed by atoms with E-state index in [-0.39, 0.29) is 0 Å². The van der Waals surface area contributed by atoms with Crippen LogP contribution < -0.4 is 0 Å². The Bertz CT molecular complexity index is 3250. The van der Waals surface area contributed by atoms with Gasteiger partial charge < -0.3 is 4.57 Å². The molecule has 0 radical (unpaired) electrons. The van der Waals surface area contributed by atoms with E-state index >= 15 is 0 Å². The zero-order valence-corrected chi connectivity index (χ0v) is 29.9. The first kappa shape index (κ1) is 30.2. The van der Waals surface area contributed by atoms with Crippen molar-refractivity contribution < 1.29 is 0 Å². The molecule has 0 fully saturated rings. The number of para-hydroxylation sites is 1. The van der Waals surface area contributed by atoms with E-state index in [1.165, 1.54) is 110 Å². The fraction of sp³-hybridized carbons (Fsp3) is 0. The highest BCUT2D eigenvalue weighted by atomic mass is 15.0. The molecule has 1 aliphatic carbocycles. The molecule has 1 aliphatic rings. The van der Waals surface area contributed by atoms with Crippen molar-refractivity contribution in [3.63, 3.8) is 0 Å². The quantitative estimate of drug-likeness (QED) is 0.179. The van der Waals surface area contributed by atoms with Gasteiger partial charge in [0.2, 0.25) is 0 Å². The van der Waals surface area contributed by atoms with Crippen LogP contribution in [0.2, 0.25) is 0 Å². The molecule has 0 saturated carbocycles. The molecular formula is C53H32N2. The van der Waals surface area contributed by atoms with Crippen molar-refractivity contribution in [1.82, 2.24) is 9.55 Å². The molecule has 9 aromatic carbocycles. The third-order valence-electron chi connectivity index (χ3n) is 11.8. The fourth-order valence-electron chi connectivity index (χ4n) is 9.51. The first-order valence-corrected chi connectivity index (χ1v) is 19.0. The van der Waals surface area contributed by atoms with Gasteiger partial charge in [-0.3, -0.25) is 4.98 Å². The summed E-state index contributed by atoms with van der Waals surface area (Å²) in [6.07, 6.45) is 3.78. The Morgan fingerprint density at radius 3 is 1.69 bits per heavy atom. The molecule has 0 bridgehead atoms. The molecule has 55 heavy (non-hydrogen) atoms. The van der Waals surface area contributed by atoms with Crippen LogP contribution in [0, 0.1) is 0 Å². The molecule has 2 heteroatoms. The molecule has 2 nitrogen and oxygen atoms in total. The maximum Gasteiger partial charge on any atom is 0.0645 e. The molecule has 0 amide bonds. The van der Waals surface area contributed by atoms with Gasteiger partial charge in [-0.15, -0.1) is 0 Å². The largest absolute Gasteiger partial charge is 0.308 e. The lowest BCUT2D eigenvalue weighted by Gasteiger charge is -2.20. The first-order valence-electron chi connectivity index (χ1n) is 19.0. The topological polar surface area (TPSA) is 17.8 Å². The summed E-state index contributed by atoms with van der Waals surface area (Å²) in [7, 11) is 0. The zero-order chi connectivity index (χ0) is 36.0. The predicted molar refractivity (Wildman–Crippen MR) is 232 cm³/mol. The van der Waals surface area contributed by atoms with Crippen LogP contribution >= 0.6 is 0 Å². The first-order chi connectivity index (χ1) is 27.3. The molecule has 12 rings (SSSR count). The Kier molecular flexibility index (Phi) is 6.37. The van der Waals surface area contributed by atoms with Gasteiger partial charge in [0.1, 0.15) is 0 Å². The summed E-state index contributed by atoms with van der Waals surface area (Å²) in [5.74, 6) is 0. The monoisotopic (exact) mass is 696 g/mol. The summed E-state index contributed by atoms with van der Waals surface area (Å²) in [6, 6.07) is 67.1. The van der Waals surface area contributed by atoms with Crippen LogP contribution in [0.3, 0.4) is 0 Å². The number of hydrogen-bond donors (Lipinski definition) is 0. The number of hydrogen-bond acceptors (Lipinski definition) is 1. The van der Waals surface area contributed by atoms with E-state index in [9.17, 15) is 0 Å². The van der Waals surface area contributed by atoms with Gasteiger partial charge in [0.25, 0.3) is 0 Å². The summed E-state index contributed by atoms with van der Waals surface area (Å²) in [5.41, 5.74) is 16.3. The van der Waals surface area contributed by atoms with Crippen molar-refractivity contribution in [2.45, 2.75) is 0 Å². The van der Waals surface area contributed by atoms with Crippen LogP contribution in [-0.4, -0.2) is 9.55 Å². The van der Waals surface area contributed by atoms with E-state index in [2.05, 4.69) is 185 Å². The number of fused-ring (bicyclic) bond motifs is 8. The minimum absolute atomic E-state index is 1.07. The minimum atomic E-state index is 1.07. The summed E-state index contributed by atoms with van der Waals surface area (Å²) in [6.45, 7) is 0. The third kappa shape index (κ3) is 4.34.